The van der Waals surface area contributed by atoms with Crippen molar-refractivity contribution in [2.45, 2.75) is 25.7 Å². The van der Waals surface area contributed by atoms with Crippen LogP contribution in [0.1, 0.15) is 40.4 Å². The van der Waals surface area contributed by atoms with E-state index in [-0.39, 0.29) is 28.8 Å². The number of hydrogen-bond donors (Lipinski definition) is 2. The van der Waals surface area contributed by atoms with E-state index in [4.69, 9.17) is 4.74 Å². The van der Waals surface area contributed by atoms with Gasteiger partial charge in [-0.05, 0) is 41.8 Å². The van der Waals surface area contributed by atoms with Crippen LogP contribution in [0.5, 0.6) is 5.75 Å². The van der Waals surface area contributed by atoms with Crippen LogP contribution in [0.25, 0.3) is 11.1 Å². The van der Waals surface area contributed by atoms with E-state index in [1.54, 1.807) is 35.2 Å². The Morgan fingerprint density at radius 2 is 1.94 bits per heavy atom. The number of carbonyl (C=O) groups excluding carboxylic acids is 2. The molecule has 1 atom stereocenters. The van der Waals surface area contributed by atoms with Crippen LogP contribution in [0, 0.1) is 11.7 Å². The molecule has 1 aromatic heterocycles. The molecule has 35 heavy (non-hydrogen) atoms. The molecular formula is C26H23FN2O5S. The van der Waals surface area contributed by atoms with Crippen LogP contribution < -0.4 is 15.0 Å². The third-order valence-corrected chi connectivity index (χ3v) is 7.77. The van der Waals surface area contributed by atoms with E-state index < -0.39 is 23.1 Å². The van der Waals surface area contributed by atoms with Crippen molar-refractivity contribution in [3.63, 3.8) is 0 Å². The fraction of sp³-hybridized carbons (Fsp3) is 0.269. The summed E-state index contributed by atoms with van der Waals surface area (Å²) >= 11 is 0.952. The van der Waals surface area contributed by atoms with Crippen molar-refractivity contribution in [1.29, 1.82) is 0 Å². The van der Waals surface area contributed by atoms with Crippen LogP contribution >= 0.6 is 11.3 Å². The number of nitrogens with zero attached hydrogens (tertiary/aromatic N) is 1. The summed E-state index contributed by atoms with van der Waals surface area (Å²) in [5, 5.41) is 12.9. The second kappa shape index (κ2) is 8.20. The third-order valence-electron chi connectivity index (χ3n) is 6.43. The first-order valence-electron chi connectivity index (χ1n) is 11.1. The summed E-state index contributed by atoms with van der Waals surface area (Å²) < 4.78 is 19.7. The van der Waals surface area contributed by atoms with Crippen LogP contribution in [0.2, 0.25) is 0 Å². The number of amides is 2. The number of carbonyl (C=O) groups is 3. The quantitative estimate of drug-likeness (QED) is 0.527. The molecule has 2 aliphatic heterocycles. The molecule has 0 saturated heterocycles. The molecule has 3 heterocycles. The molecule has 7 nitrogen and oxygen atoms in total. The summed E-state index contributed by atoms with van der Waals surface area (Å²) in [5.74, 6) is -1.77. The summed E-state index contributed by atoms with van der Waals surface area (Å²) in [6.45, 7) is 4.32. The first kappa shape index (κ1) is 23.0. The molecule has 2 N–H and O–H groups in total. The lowest BCUT2D eigenvalue weighted by Crippen LogP contribution is -2.46. The first-order chi connectivity index (χ1) is 16.7. The number of hydrogen-bond acceptors (Lipinski definition) is 5. The lowest BCUT2D eigenvalue weighted by Gasteiger charge is -2.33. The van der Waals surface area contributed by atoms with Gasteiger partial charge in [0.15, 0.2) is 0 Å². The van der Waals surface area contributed by atoms with Crippen LogP contribution in [0.15, 0.2) is 42.5 Å². The third kappa shape index (κ3) is 3.41. The van der Waals surface area contributed by atoms with Crippen molar-refractivity contribution in [3.8, 4) is 16.9 Å². The predicted octanol–water partition coefficient (Wildman–Crippen LogP) is 4.89. The summed E-state index contributed by atoms with van der Waals surface area (Å²) in [6.07, 6.45) is -0.231. The zero-order valence-corrected chi connectivity index (χ0v) is 20.2. The molecule has 2 amide bonds. The lowest BCUT2D eigenvalue weighted by molar-refractivity contribution is -0.126. The van der Waals surface area contributed by atoms with E-state index in [0.717, 1.165) is 11.3 Å². The van der Waals surface area contributed by atoms with Gasteiger partial charge in [-0.15, -0.1) is 11.3 Å². The van der Waals surface area contributed by atoms with Crippen molar-refractivity contribution >= 4 is 40.5 Å². The molecule has 180 valence electrons. The second-order valence-corrected chi connectivity index (χ2v) is 10.2. The van der Waals surface area contributed by atoms with E-state index >= 15 is 0 Å². The number of fused-ring (bicyclic) bond motifs is 4. The average molecular weight is 495 g/mol. The summed E-state index contributed by atoms with van der Waals surface area (Å²) in [7, 11) is 1.53. The molecule has 9 heteroatoms. The number of carboxylic acids is 1. The van der Waals surface area contributed by atoms with Gasteiger partial charge in [0.2, 0.25) is 11.8 Å². The average Bonchev–Trinajstić information content (AvgIpc) is 3.30. The molecule has 0 bridgehead atoms. The van der Waals surface area contributed by atoms with Gasteiger partial charge in [0.05, 0.1) is 24.1 Å². The number of thiophene rings is 1. The predicted molar refractivity (Wildman–Crippen MR) is 131 cm³/mol. The normalized spacial score (nSPS) is 18.6. The zero-order chi connectivity index (χ0) is 25.1. The van der Waals surface area contributed by atoms with Crippen LogP contribution in [-0.2, 0) is 15.0 Å². The molecule has 0 aliphatic carbocycles. The molecular weight excluding hydrogens is 471 g/mol. The smallest absolute Gasteiger partial charge is 0.346 e. The van der Waals surface area contributed by atoms with Crippen LogP contribution in [-0.4, -0.2) is 36.5 Å². The number of halogens is 1. The number of rotatable bonds is 5. The number of carboxylic acid groups (broad SMARTS) is 1. The highest BCUT2D eigenvalue weighted by Gasteiger charge is 2.58. The van der Waals surface area contributed by atoms with E-state index in [9.17, 15) is 23.9 Å². The molecule has 3 aromatic rings. The molecule has 1 spiro atoms. The molecule has 0 fully saturated rings. The maximum Gasteiger partial charge on any atom is 0.346 e. The largest absolute Gasteiger partial charge is 0.497 e. The van der Waals surface area contributed by atoms with Gasteiger partial charge < -0.3 is 20.1 Å². The van der Waals surface area contributed by atoms with Gasteiger partial charge in [0.25, 0.3) is 0 Å². The van der Waals surface area contributed by atoms with Gasteiger partial charge in [0.1, 0.15) is 21.9 Å². The number of nitrogens with one attached hydrogen (secondary N) is 1. The number of aromatic carboxylic acids is 1. The summed E-state index contributed by atoms with van der Waals surface area (Å²) in [5.41, 5.74) is 0.594. The van der Waals surface area contributed by atoms with Crippen molar-refractivity contribution in [3.05, 3.63) is 63.6 Å². The van der Waals surface area contributed by atoms with Crippen LogP contribution in [0.3, 0.4) is 0 Å². The summed E-state index contributed by atoms with van der Waals surface area (Å²) in [4.78, 5) is 41.5. The van der Waals surface area contributed by atoms with Crippen LogP contribution in [0.4, 0.5) is 15.8 Å². The standard InChI is InChI=1S/C26H23FN2O5S/c1-13(2)12-29-18-9-6-15(27)10-17(18)26(25(29)33)11-19(30)28-21-20(22(24(31)32)35-23(21)26)14-4-7-16(34-3)8-5-14/h4-10,13H,11-12H2,1-3H3,(H,28,30)(H,31,32)/t26-/m1/s1. The Balaban J connectivity index is 1.81. The Morgan fingerprint density at radius 1 is 1.23 bits per heavy atom. The molecule has 5 rings (SSSR count). The van der Waals surface area contributed by atoms with Gasteiger partial charge in [-0.1, -0.05) is 26.0 Å². The van der Waals surface area contributed by atoms with E-state index in [1.807, 2.05) is 13.8 Å². The Hall–Kier alpha value is -3.72. The van der Waals surface area contributed by atoms with Gasteiger partial charge in [-0.25, -0.2) is 9.18 Å². The van der Waals surface area contributed by atoms with Gasteiger partial charge in [0, 0.05) is 23.4 Å². The minimum Gasteiger partial charge on any atom is -0.497 e. The SMILES string of the molecule is COc1ccc(-c2c(C(=O)O)sc3c2NC(=O)C[C@]32C(=O)N(CC(C)C)c3ccc(F)cc32)cc1. The minimum atomic E-state index is -1.50. The first-order valence-corrected chi connectivity index (χ1v) is 12.0. The Kier molecular flexibility index (Phi) is 5.40. The fourth-order valence-electron chi connectivity index (χ4n) is 5.02. The van der Waals surface area contributed by atoms with Gasteiger partial charge in [-0.2, -0.15) is 0 Å². The molecule has 2 aromatic carbocycles. The molecule has 0 unspecified atom stereocenters. The Morgan fingerprint density at radius 3 is 2.57 bits per heavy atom. The highest BCUT2D eigenvalue weighted by molar-refractivity contribution is 7.15. The second-order valence-electron chi connectivity index (χ2n) is 9.15. The van der Waals surface area contributed by atoms with E-state index in [0.29, 0.717) is 39.5 Å². The molecule has 0 radical (unpaired) electrons. The van der Waals surface area contributed by atoms with Crippen molar-refractivity contribution < 1.29 is 28.6 Å². The number of anilines is 2. The van der Waals surface area contributed by atoms with Gasteiger partial charge >= 0.3 is 5.97 Å². The summed E-state index contributed by atoms with van der Waals surface area (Å²) in [6, 6.07) is 10.9. The Bertz CT molecular complexity index is 1380. The van der Waals surface area contributed by atoms with Crippen molar-refractivity contribution in [2.24, 2.45) is 5.92 Å². The maximum atomic E-state index is 14.5. The Labute approximate surface area is 205 Å². The minimum absolute atomic E-state index is 0.00481. The number of benzene rings is 2. The zero-order valence-electron chi connectivity index (χ0n) is 19.3. The van der Waals surface area contributed by atoms with Gasteiger partial charge in [-0.3, -0.25) is 9.59 Å². The highest BCUT2D eigenvalue weighted by atomic mass is 32.1. The van der Waals surface area contributed by atoms with E-state index in [2.05, 4.69) is 5.32 Å². The fourth-order valence-corrected chi connectivity index (χ4v) is 6.33. The monoisotopic (exact) mass is 494 g/mol. The number of ether oxygens (including phenoxy) is 1. The van der Waals surface area contributed by atoms with Crippen molar-refractivity contribution in [1.82, 2.24) is 0 Å². The number of methoxy groups -OCH3 is 1. The lowest BCUT2D eigenvalue weighted by atomic mass is 9.74. The highest BCUT2D eigenvalue weighted by Crippen LogP contribution is 2.57. The maximum absolute atomic E-state index is 14.5. The molecule has 0 saturated carbocycles. The topological polar surface area (TPSA) is 95.9 Å². The molecule has 2 aliphatic rings. The van der Waals surface area contributed by atoms with E-state index in [1.165, 1.54) is 19.2 Å². The van der Waals surface area contributed by atoms with Crippen molar-refractivity contribution in [2.75, 3.05) is 23.9 Å².